The molecular weight excluding hydrogens is 422 g/mol. The smallest absolute Gasteiger partial charge is 0.225 e. The molecule has 0 fully saturated rings. The maximum Gasteiger partial charge on any atom is 0.225 e. The van der Waals surface area contributed by atoms with Crippen LogP contribution in [0.3, 0.4) is 0 Å². The van der Waals surface area contributed by atoms with Crippen LogP contribution in [0.15, 0.2) is 78.9 Å². The van der Waals surface area contributed by atoms with E-state index in [0.29, 0.717) is 21.8 Å². The lowest BCUT2D eigenvalue weighted by molar-refractivity contribution is -0.115. The largest absolute Gasteiger partial charge is 0.325 e. The third-order valence-electron chi connectivity index (χ3n) is 4.41. The van der Waals surface area contributed by atoms with Crippen LogP contribution in [0.4, 0.5) is 5.69 Å². The van der Waals surface area contributed by atoms with E-state index in [4.69, 9.17) is 11.6 Å². The summed E-state index contributed by atoms with van der Waals surface area (Å²) in [4.78, 5) is 25.2. The summed E-state index contributed by atoms with van der Waals surface area (Å²) in [6, 6.07) is 22.0. The van der Waals surface area contributed by atoms with Crippen LogP contribution in [0.2, 0.25) is 5.02 Å². The number of halogens is 1. The summed E-state index contributed by atoms with van der Waals surface area (Å²) in [5.41, 5.74) is 1.67. The molecular formula is C23H20ClNO4S. The van der Waals surface area contributed by atoms with Crippen molar-refractivity contribution in [3.8, 4) is 0 Å². The highest BCUT2D eigenvalue weighted by Crippen LogP contribution is 2.24. The quantitative estimate of drug-likeness (QED) is 0.521. The molecule has 0 aliphatic heterocycles. The first-order chi connectivity index (χ1) is 14.3. The number of ketones is 1. The molecule has 3 aromatic carbocycles. The number of carbonyl (C=O) groups is 2. The van der Waals surface area contributed by atoms with Crippen molar-refractivity contribution in [2.75, 3.05) is 11.1 Å². The average molecular weight is 442 g/mol. The molecule has 7 heteroatoms. The molecule has 1 amide bonds. The predicted octanol–water partition coefficient (Wildman–Crippen LogP) is 4.51. The first-order valence-corrected chi connectivity index (χ1v) is 11.5. The molecule has 5 nitrogen and oxygen atoms in total. The Morgan fingerprint density at radius 1 is 0.867 bits per heavy atom. The summed E-state index contributed by atoms with van der Waals surface area (Å²) < 4.78 is 24.6. The van der Waals surface area contributed by atoms with Crippen LogP contribution in [0.5, 0.6) is 0 Å². The number of benzene rings is 3. The van der Waals surface area contributed by atoms with Crippen LogP contribution in [0.1, 0.15) is 27.9 Å². The normalized spacial score (nSPS) is 11.1. The Labute approximate surface area is 180 Å². The van der Waals surface area contributed by atoms with Gasteiger partial charge in [0, 0.05) is 22.6 Å². The fourth-order valence-corrected chi connectivity index (χ4v) is 4.43. The Balaban J connectivity index is 1.69. The Bertz CT molecular complexity index is 1150. The van der Waals surface area contributed by atoms with Gasteiger partial charge in [0.2, 0.25) is 5.91 Å². The van der Waals surface area contributed by atoms with Gasteiger partial charge in [0.1, 0.15) is 0 Å². The van der Waals surface area contributed by atoms with Gasteiger partial charge < -0.3 is 5.32 Å². The molecule has 0 atom stereocenters. The Hall–Kier alpha value is -2.96. The first kappa shape index (κ1) is 21.7. The van der Waals surface area contributed by atoms with Crippen molar-refractivity contribution in [3.63, 3.8) is 0 Å². The number of hydrogen-bond acceptors (Lipinski definition) is 4. The highest BCUT2D eigenvalue weighted by molar-refractivity contribution is 7.90. The number of hydrogen-bond donors (Lipinski definition) is 1. The van der Waals surface area contributed by atoms with Gasteiger partial charge in [-0.05, 0) is 23.8 Å². The monoisotopic (exact) mass is 441 g/mol. The van der Waals surface area contributed by atoms with E-state index in [1.165, 1.54) is 12.1 Å². The van der Waals surface area contributed by atoms with Crippen LogP contribution in [-0.2, 0) is 20.4 Å². The van der Waals surface area contributed by atoms with E-state index in [0.717, 1.165) is 0 Å². The number of rotatable bonds is 8. The van der Waals surface area contributed by atoms with Crippen molar-refractivity contribution in [3.05, 3.63) is 101 Å². The SMILES string of the molecule is O=C(CCS(=O)(=O)Cc1ccccc1)Nc1ccc(Cl)cc1C(=O)c1ccccc1. The van der Waals surface area contributed by atoms with Crippen LogP contribution in [0.25, 0.3) is 0 Å². The Morgan fingerprint density at radius 3 is 2.17 bits per heavy atom. The third-order valence-corrected chi connectivity index (χ3v) is 6.24. The second kappa shape index (κ2) is 9.69. The lowest BCUT2D eigenvalue weighted by atomic mass is 10.0. The molecule has 0 saturated carbocycles. The van der Waals surface area contributed by atoms with Crippen molar-refractivity contribution < 1.29 is 18.0 Å². The van der Waals surface area contributed by atoms with Crippen LogP contribution in [0, 0.1) is 0 Å². The molecule has 3 aromatic rings. The van der Waals surface area contributed by atoms with E-state index in [1.54, 1.807) is 60.7 Å². The predicted molar refractivity (Wildman–Crippen MR) is 119 cm³/mol. The minimum Gasteiger partial charge on any atom is -0.325 e. The van der Waals surface area contributed by atoms with Crippen molar-refractivity contribution >= 4 is 38.8 Å². The fourth-order valence-electron chi connectivity index (χ4n) is 2.92. The lowest BCUT2D eigenvalue weighted by Gasteiger charge is -2.11. The van der Waals surface area contributed by atoms with E-state index in [-0.39, 0.29) is 29.3 Å². The first-order valence-electron chi connectivity index (χ1n) is 9.27. The summed E-state index contributed by atoms with van der Waals surface area (Å²) in [5, 5.41) is 3.00. The molecule has 1 N–H and O–H groups in total. The highest BCUT2D eigenvalue weighted by Gasteiger charge is 2.18. The van der Waals surface area contributed by atoms with Gasteiger partial charge in [-0.1, -0.05) is 72.3 Å². The van der Waals surface area contributed by atoms with E-state index in [1.807, 2.05) is 6.07 Å². The van der Waals surface area contributed by atoms with Gasteiger partial charge >= 0.3 is 0 Å². The molecule has 0 heterocycles. The maximum atomic E-state index is 12.8. The Kier molecular flexibility index (Phi) is 7.03. The summed E-state index contributed by atoms with van der Waals surface area (Å²) in [5.74, 6) is -1.19. The van der Waals surface area contributed by atoms with Crippen molar-refractivity contribution in [1.29, 1.82) is 0 Å². The second-order valence-electron chi connectivity index (χ2n) is 6.76. The van der Waals surface area contributed by atoms with Gasteiger partial charge in [-0.15, -0.1) is 0 Å². The van der Waals surface area contributed by atoms with Gasteiger partial charge in [-0.2, -0.15) is 0 Å². The van der Waals surface area contributed by atoms with E-state index < -0.39 is 15.7 Å². The van der Waals surface area contributed by atoms with Crippen molar-refractivity contribution in [1.82, 2.24) is 0 Å². The zero-order valence-corrected chi connectivity index (χ0v) is 17.6. The van der Waals surface area contributed by atoms with Gasteiger partial charge in [0.25, 0.3) is 0 Å². The maximum absolute atomic E-state index is 12.8. The number of nitrogens with one attached hydrogen (secondary N) is 1. The summed E-state index contributed by atoms with van der Waals surface area (Å²) in [7, 11) is -3.45. The molecule has 0 saturated heterocycles. The van der Waals surface area contributed by atoms with Gasteiger partial charge in [-0.3, -0.25) is 9.59 Å². The van der Waals surface area contributed by atoms with Gasteiger partial charge in [0.05, 0.1) is 17.2 Å². The third kappa shape index (κ3) is 6.02. The second-order valence-corrected chi connectivity index (χ2v) is 9.38. The van der Waals surface area contributed by atoms with Crippen molar-refractivity contribution in [2.45, 2.75) is 12.2 Å². The van der Waals surface area contributed by atoms with E-state index in [2.05, 4.69) is 5.32 Å². The molecule has 0 aliphatic carbocycles. The number of amides is 1. The van der Waals surface area contributed by atoms with E-state index >= 15 is 0 Å². The molecule has 0 aromatic heterocycles. The number of sulfone groups is 1. The summed E-state index contributed by atoms with van der Waals surface area (Å²) in [6.07, 6.45) is -0.212. The van der Waals surface area contributed by atoms with Gasteiger partial charge in [0.15, 0.2) is 15.6 Å². The molecule has 0 unspecified atom stereocenters. The Morgan fingerprint density at radius 2 is 1.50 bits per heavy atom. The molecule has 3 rings (SSSR count). The minimum absolute atomic E-state index is 0.125. The van der Waals surface area contributed by atoms with Crippen LogP contribution >= 0.6 is 11.6 Å². The molecule has 0 spiro atoms. The highest BCUT2D eigenvalue weighted by atomic mass is 35.5. The zero-order valence-electron chi connectivity index (χ0n) is 16.0. The van der Waals surface area contributed by atoms with Crippen molar-refractivity contribution in [2.24, 2.45) is 0 Å². The van der Waals surface area contributed by atoms with Gasteiger partial charge in [-0.25, -0.2) is 8.42 Å². The summed E-state index contributed by atoms with van der Waals surface area (Å²) in [6.45, 7) is 0. The fraction of sp³-hybridized carbons (Fsp3) is 0.130. The molecule has 30 heavy (non-hydrogen) atoms. The zero-order chi connectivity index (χ0) is 21.6. The number of anilines is 1. The standard InChI is InChI=1S/C23H20ClNO4S/c24-19-11-12-21(20(15-19)23(27)18-9-5-2-6-10-18)25-22(26)13-14-30(28,29)16-17-7-3-1-4-8-17/h1-12,15H,13-14,16H2,(H,25,26). The molecule has 0 radical (unpaired) electrons. The molecule has 154 valence electrons. The van der Waals surface area contributed by atoms with Crippen LogP contribution < -0.4 is 5.32 Å². The number of carbonyl (C=O) groups excluding carboxylic acids is 2. The van der Waals surface area contributed by atoms with E-state index in [9.17, 15) is 18.0 Å². The molecule has 0 aliphatic rings. The average Bonchev–Trinajstić information content (AvgIpc) is 2.74. The summed E-state index contributed by atoms with van der Waals surface area (Å²) >= 11 is 6.04. The van der Waals surface area contributed by atoms with Crippen LogP contribution in [-0.4, -0.2) is 25.9 Å². The topological polar surface area (TPSA) is 80.3 Å². The lowest BCUT2D eigenvalue weighted by Crippen LogP contribution is -2.19. The molecule has 0 bridgehead atoms. The minimum atomic E-state index is -3.45.